The van der Waals surface area contributed by atoms with Crippen molar-refractivity contribution in [1.82, 2.24) is 15.5 Å². The van der Waals surface area contributed by atoms with Crippen LogP contribution in [0.3, 0.4) is 0 Å². The van der Waals surface area contributed by atoms with Crippen LogP contribution >= 0.6 is 0 Å². The molecule has 0 atom stereocenters. The highest BCUT2D eigenvalue weighted by atomic mass is 19.1. The molecule has 112 valence electrons. The Hall–Kier alpha value is -2.28. The third-order valence-electron chi connectivity index (χ3n) is 2.94. The number of aryl methyl sites for hydroxylation is 1. The Morgan fingerprint density at radius 1 is 1.48 bits per heavy atom. The van der Waals surface area contributed by atoms with Gasteiger partial charge in [0.05, 0.1) is 0 Å². The first-order chi connectivity index (χ1) is 10.1. The Balaban J connectivity index is 1.94. The second-order valence-corrected chi connectivity index (χ2v) is 4.59. The normalized spacial score (nSPS) is 10.6. The number of nitrogens with zero attached hydrogens (tertiary/aromatic N) is 2. The van der Waals surface area contributed by atoms with Crippen LogP contribution in [0.1, 0.15) is 22.8 Å². The summed E-state index contributed by atoms with van der Waals surface area (Å²) in [6, 6.07) is 5.16. The number of aliphatic hydroxyl groups is 1. The molecule has 21 heavy (non-hydrogen) atoms. The molecule has 1 aromatic heterocycles. The summed E-state index contributed by atoms with van der Waals surface area (Å²) in [6.07, 6.45) is 0.606. The first-order valence-corrected chi connectivity index (χ1v) is 6.53. The van der Waals surface area contributed by atoms with Crippen LogP contribution in [0.2, 0.25) is 0 Å². The molecule has 0 radical (unpaired) electrons. The van der Waals surface area contributed by atoms with E-state index in [2.05, 4.69) is 15.5 Å². The van der Waals surface area contributed by atoms with Crippen molar-refractivity contribution in [1.29, 1.82) is 0 Å². The van der Waals surface area contributed by atoms with Crippen LogP contribution in [0.5, 0.6) is 0 Å². The van der Waals surface area contributed by atoms with E-state index in [9.17, 15) is 9.18 Å². The number of rotatable bonds is 6. The van der Waals surface area contributed by atoms with Crippen LogP contribution in [0.25, 0.3) is 0 Å². The Kier molecular flexibility index (Phi) is 4.99. The minimum absolute atomic E-state index is 0.250. The Bertz CT molecular complexity index is 628. The lowest BCUT2D eigenvalue weighted by Gasteiger charge is -2.02. The molecule has 0 bridgehead atoms. The summed E-state index contributed by atoms with van der Waals surface area (Å²) in [5.41, 5.74) is 1.08. The van der Waals surface area contributed by atoms with E-state index in [0.29, 0.717) is 35.8 Å². The number of aliphatic hydroxyl groups excluding tert-OH is 1. The van der Waals surface area contributed by atoms with Crippen LogP contribution in [-0.2, 0) is 17.6 Å². The van der Waals surface area contributed by atoms with E-state index in [0.717, 1.165) is 0 Å². The molecule has 1 amide bonds. The highest BCUT2D eigenvalue weighted by Crippen LogP contribution is 2.15. The first kappa shape index (κ1) is 15.1. The summed E-state index contributed by atoms with van der Waals surface area (Å²) in [4.78, 5) is 15.0. The quantitative estimate of drug-likeness (QED) is 0.821. The lowest BCUT2D eigenvalue weighted by Crippen LogP contribution is -2.28. The zero-order chi connectivity index (χ0) is 15.2. The molecule has 0 aliphatic rings. The van der Waals surface area contributed by atoms with E-state index in [-0.39, 0.29) is 12.2 Å². The molecule has 0 fully saturated rings. The number of hydrogen-bond donors (Lipinski definition) is 2. The van der Waals surface area contributed by atoms with Crippen LogP contribution < -0.4 is 5.32 Å². The number of nitrogens with one attached hydrogen (secondary N) is 1. The van der Waals surface area contributed by atoms with Crippen molar-refractivity contribution >= 4 is 5.91 Å². The van der Waals surface area contributed by atoms with Gasteiger partial charge in [0.15, 0.2) is 5.82 Å². The van der Waals surface area contributed by atoms with Gasteiger partial charge in [0.25, 0.3) is 0 Å². The number of benzene rings is 1. The van der Waals surface area contributed by atoms with Gasteiger partial charge < -0.3 is 14.9 Å². The van der Waals surface area contributed by atoms with Crippen molar-refractivity contribution in [2.75, 3.05) is 13.2 Å². The molecule has 0 saturated heterocycles. The molecule has 0 saturated carbocycles. The summed E-state index contributed by atoms with van der Waals surface area (Å²) in [7, 11) is 0. The van der Waals surface area contributed by atoms with Gasteiger partial charge in [-0.1, -0.05) is 23.4 Å². The number of carbonyl (C=O) groups is 1. The average Bonchev–Trinajstić information content (AvgIpc) is 2.91. The highest BCUT2D eigenvalue weighted by molar-refractivity contribution is 5.76. The van der Waals surface area contributed by atoms with Gasteiger partial charge in [-0.05, 0) is 18.1 Å². The van der Waals surface area contributed by atoms with Gasteiger partial charge in [-0.2, -0.15) is 4.98 Å². The number of halogens is 1. The smallest absolute Gasteiger partial charge is 0.245 e. The molecule has 0 aliphatic carbocycles. The summed E-state index contributed by atoms with van der Waals surface area (Å²) in [5, 5.41) is 14.8. The summed E-state index contributed by atoms with van der Waals surface area (Å²) >= 11 is 0. The second-order valence-electron chi connectivity index (χ2n) is 4.59. The van der Waals surface area contributed by atoms with Crippen molar-refractivity contribution in [3.8, 4) is 0 Å². The zero-order valence-corrected chi connectivity index (χ0v) is 11.6. The average molecular weight is 293 g/mol. The van der Waals surface area contributed by atoms with E-state index in [1.54, 1.807) is 25.1 Å². The molecule has 0 aliphatic heterocycles. The van der Waals surface area contributed by atoms with Crippen molar-refractivity contribution in [3.63, 3.8) is 0 Å². The predicted molar refractivity (Wildman–Crippen MR) is 72.0 cm³/mol. The third kappa shape index (κ3) is 4.09. The fourth-order valence-electron chi connectivity index (χ4n) is 1.84. The summed E-state index contributed by atoms with van der Waals surface area (Å²) in [5.74, 6) is 0.0231. The van der Waals surface area contributed by atoms with Gasteiger partial charge >= 0.3 is 0 Å². The lowest BCUT2D eigenvalue weighted by molar-refractivity contribution is -0.123. The number of carbonyl (C=O) groups excluding carboxylic acids is 1. The summed E-state index contributed by atoms with van der Waals surface area (Å²) < 4.78 is 18.9. The third-order valence-corrected chi connectivity index (χ3v) is 2.94. The van der Waals surface area contributed by atoms with Crippen molar-refractivity contribution in [2.45, 2.75) is 19.8 Å². The molecule has 2 aromatic rings. The van der Waals surface area contributed by atoms with Crippen molar-refractivity contribution < 1.29 is 18.8 Å². The molecular formula is C14H16FN3O3. The number of hydrogen-bond acceptors (Lipinski definition) is 5. The molecule has 6 nitrogen and oxygen atoms in total. The molecular weight excluding hydrogens is 277 g/mol. The van der Waals surface area contributed by atoms with Crippen molar-refractivity contribution in [3.05, 3.63) is 46.9 Å². The predicted octanol–water partition coefficient (Wildman–Crippen LogP) is 0.759. The fourth-order valence-corrected chi connectivity index (χ4v) is 1.84. The van der Waals surface area contributed by atoms with Gasteiger partial charge in [-0.3, -0.25) is 4.79 Å². The first-order valence-electron chi connectivity index (χ1n) is 6.53. The lowest BCUT2D eigenvalue weighted by atomic mass is 10.1. The van der Waals surface area contributed by atoms with Crippen LogP contribution in [-0.4, -0.2) is 34.3 Å². The Morgan fingerprint density at radius 3 is 3.05 bits per heavy atom. The number of amides is 1. The monoisotopic (exact) mass is 293 g/mol. The molecule has 0 spiro atoms. The van der Waals surface area contributed by atoms with Gasteiger partial charge in [-0.15, -0.1) is 0 Å². The molecule has 2 rings (SSSR count). The standard InChI is InChI=1S/C14H16FN3O3/c1-9-3-2-4-10(14(9)15)7-11-17-13(21-18-11)5-6-16-12(20)8-19/h2-4,19H,5-8H2,1H3,(H,16,20). The van der Waals surface area contributed by atoms with Gasteiger partial charge in [0.1, 0.15) is 12.4 Å². The minimum Gasteiger partial charge on any atom is -0.387 e. The van der Waals surface area contributed by atoms with Crippen LogP contribution in [0, 0.1) is 12.7 Å². The zero-order valence-electron chi connectivity index (χ0n) is 11.6. The molecule has 2 N–H and O–H groups in total. The molecule has 1 heterocycles. The van der Waals surface area contributed by atoms with Gasteiger partial charge in [0.2, 0.25) is 11.8 Å². The van der Waals surface area contributed by atoms with Gasteiger partial charge in [0, 0.05) is 19.4 Å². The maximum atomic E-state index is 13.9. The highest BCUT2D eigenvalue weighted by Gasteiger charge is 2.11. The van der Waals surface area contributed by atoms with Crippen molar-refractivity contribution in [2.24, 2.45) is 0 Å². The topological polar surface area (TPSA) is 88.2 Å². The SMILES string of the molecule is Cc1cccc(Cc2noc(CCNC(=O)CO)n2)c1F. The Morgan fingerprint density at radius 2 is 2.29 bits per heavy atom. The van der Waals surface area contributed by atoms with E-state index in [1.807, 2.05) is 0 Å². The van der Waals surface area contributed by atoms with Gasteiger partial charge in [-0.25, -0.2) is 4.39 Å². The largest absolute Gasteiger partial charge is 0.387 e. The molecule has 1 aromatic carbocycles. The molecule has 7 heteroatoms. The van der Waals surface area contributed by atoms with E-state index in [1.165, 1.54) is 0 Å². The Labute approximate surface area is 121 Å². The number of aromatic nitrogens is 2. The summed E-state index contributed by atoms with van der Waals surface area (Å²) in [6.45, 7) is 1.44. The fraction of sp³-hybridized carbons (Fsp3) is 0.357. The van der Waals surface area contributed by atoms with E-state index in [4.69, 9.17) is 9.63 Å². The van der Waals surface area contributed by atoms with Crippen LogP contribution in [0.4, 0.5) is 4.39 Å². The maximum absolute atomic E-state index is 13.9. The molecule has 0 unspecified atom stereocenters. The maximum Gasteiger partial charge on any atom is 0.245 e. The van der Waals surface area contributed by atoms with Crippen LogP contribution in [0.15, 0.2) is 22.7 Å². The van der Waals surface area contributed by atoms with E-state index >= 15 is 0 Å². The minimum atomic E-state index is -0.554. The van der Waals surface area contributed by atoms with E-state index < -0.39 is 12.5 Å². The second kappa shape index (κ2) is 6.94.